The van der Waals surface area contributed by atoms with E-state index in [2.05, 4.69) is 31.0 Å². The molecule has 3 unspecified atom stereocenters. The van der Waals surface area contributed by atoms with Crippen LogP contribution in [0, 0.1) is 5.92 Å². The quantitative estimate of drug-likeness (QED) is 0.720. The van der Waals surface area contributed by atoms with Gasteiger partial charge in [-0.25, -0.2) is 4.79 Å². The molecular weight excluding hydrogens is 268 g/mol. The first kappa shape index (κ1) is 16.7. The lowest BCUT2D eigenvalue weighted by molar-refractivity contribution is -0.152. The van der Waals surface area contributed by atoms with Gasteiger partial charge in [0.05, 0.1) is 19.3 Å². The van der Waals surface area contributed by atoms with Gasteiger partial charge in [0, 0.05) is 19.6 Å². The van der Waals surface area contributed by atoms with E-state index in [-0.39, 0.29) is 18.2 Å². The van der Waals surface area contributed by atoms with Crippen molar-refractivity contribution in [3.05, 3.63) is 0 Å². The number of ether oxygens (including phenoxy) is 2. The third-order valence-corrected chi connectivity index (χ3v) is 4.48. The summed E-state index contributed by atoms with van der Waals surface area (Å²) in [6.45, 7) is 9.65. The van der Waals surface area contributed by atoms with Crippen molar-refractivity contribution in [3.8, 4) is 0 Å². The SMILES string of the molecule is CCCNC(CN1CC(C)OC(C)C1)(C(=O)OC)C1CC1. The average molecular weight is 298 g/mol. The number of esters is 1. The molecule has 2 fully saturated rings. The summed E-state index contributed by atoms with van der Waals surface area (Å²) < 4.78 is 10.9. The molecule has 2 rings (SSSR count). The van der Waals surface area contributed by atoms with Gasteiger partial charge < -0.3 is 14.8 Å². The van der Waals surface area contributed by atoms with Gasteiger partial charge in [-0.3, -0.25) is 4.90 Å². The summed E-state index contributed by atoms with van der Waals surface area (Å²) in [7, 11) is 1.50. The summed E-state index contributed by atoms with van der Waals surface area (Å²) in [5.41, 5.74) is -0.540. The minimum Gasteiger partial charge on any atom is -0.468 e. The lowest BCUT2D eigenvalue weighted by Crippen LogP contribution is -2.63. The Kier molecular flexibility index (Phi) is 5.63. The zero-order valence-electron chi connectivity index (χ0n) is 13.9. The highest BCUT2D eigenvalue weighted by molar-refractivity contribution is 5.82. The molecule has 0 aromatic heterocycles. The maximum atomic E-state index is 12.5. The van der Waals surface area contributed by atoms with Gasteiger partial charge in [-0.05, 0) is 45.6 Å². The predicted octanol–water partition coefficient (Wildman–Crippen LogP) is 1.42. The molecule has 0 spiro atoms. The number of carbonyl (C=O) groups is 1. The van der Waals surface area contributed by atoms with Crippen LogP contribution in [0.5, 0.6) is 0 Å². The summed E-state index contributed by atoms with van der Waals surface area (Å²) in [5.74, 6) is 0.301. The molecule has 3 atom stereocenters. The Bertz CT molecular complexity index is 349. The first-order valence-electron chi connectivity index (χ1n) is 8.23. The van der Waals surface area contributed by atoms with Crippen LogP contribution in [0.4, 0.5) is 0 Å². The van der Waals surface area contributed by atoms with E-state index in [1.54, 1.807) is 0 Å². The van der Waals surface area contributed by atoms with Gasteiger partial charge in [0.25, 0.3) is 0 Å². The largest absolute Gasteiger partial charge is 0.468 e. The molecule has 1 aliphatic carbocycles. The Morgan fingerprint density at radius 1 is 1.33 bits per heavy atom. The van der Waals surface area contributed by atoms with Crippen molar-refractivity contribution in [1.82, 2.24) is 10.2 Å². The molecule has 21 heavy (non-hydrogen) atoms. The summed E-state index contributed by atoms with van der Waals surface area (Å²) in [6, 6.07) is 0. The monoisotopic (exact) mass is 298 g/mol. The molecule has 0 aromatic carbocycles. The smallest absolute Gasteiger partial charge is 0.327 e. The highest BCUT2D eigenvalue weighted by Gasteiger charge is 2.52. The molecule has 1 N–H and O–H groups in total. The lowest BCUT2D eigenvalue weighted by Gasteiger charge is -2.42. The molecule has 0 amide bonds. The molecule has 2 aliphatic rings. The molecule has 5 heteroatoms. The van der Waals surface area contributed by atoms with Gasteiger partial charge in [-0.1, -0.05) is 6.92 Å². The summed E-state index contributed by atoms with van der Waals surface area (Å²) >= 11 is 0. The molecule has 0 aromatic rings. The fourth-order valence-electron chi connectivity index (χ4n) is 3.51. The van der Waals surface area contributed by atoms with Gasteiger partial charge in [0.1, 0.15) is 5.54 Å². The van der Waals surface area contributed by atoms with Crippen LogP contribution in [-0.2, 0) is 14.3 Å². The minimum atomic E-state index is -0.540. The van der Waals surface area contributed by atoms with E-state index >= 15 is 0 Å². The molecule has 1 aliphatic heterocycles. The zero-order chi connectivity index (χ0) is 15.5. The van der Waals surface area contributed by atoms with E-state index in [1.807, 2.05) is 0 Å². The van der Waals surface area contributed by atoms with Gasteiger partial charge in [-0.15, -0.1) is 0 Å². The van der Waals surface area contributed by atoms with E-state index in [1.165, 1.54) is 7.11 Å². The third kappa shape index (κ3) is 3.96. The Morgan fingerprint density at radius 2 is 1.95 bits per heavy atom. The Hall–Kier alpha value is -0.650. The minimum absolute atomic E-state index is 0.106. The summed E-state index contributed by atoms with van der Waals surface area (Å²) in [4.78, 5) is 14.9. The fraction of sp³-hybridized carbons (Fsp3) is 0.938. The van der Waals surface area contributed by atoms with Crippen molar-refractivity contribution >= 4 is 5.97 Å². The number of morpholine rings is 1. The highest BCUT2D eigenvalue weighted by Crippen LogP contribution is 2.41. The van der Waals surface area contributed by atoms with Crippen molar-refractivity contribution < 1.29 is 14.3 Å². The normalized spacial score (nSPS) is 29.9. The Morgan fingerprint density at radius 3 is 2.43 bits per heavy atom. The molecule has 1 saturated carbocycles. The number of hydrogen-bond acceptors (Lipinski definition) is 5. The van der Waals surface area contributed by atoms with Gasteiger partial charge in [0.15, 0.2) is 0 Å². The number of hydrogen-bond donors (Lipinski definition) is 1. The van der Waals surface area contributed by atoms with Crippen LogP contribution in [0.2, 0.25) is 0 Å². The maximum Gasteiger partial charge on any atom is 0.327 e. The fourth-order valence-corrected chi connectivity index (χ4v) is 3.51. The number of methoxy groups -OCH3 is 1. The average Bonchev–Trinajstić information content (AvgIpc) is 3.26. The van der Waals surface area contributed by atoms with Crippen molar-refractivity contribution in [3.63, 3.8) is 0 Å². The second-order valence-electron chi connectivity index (χ2n) is 6.62. The number of rotatable bonds is 7. The van der Waals surface area contributed by atoms with E-state index in [9.17, 15) is 4.79 Å². The first-order valence-corrected chi connectivity index (χ1v) is 8.23. The standard InChI is InChI=1S/C16H30N2O3/c1-5-8-17-16(14-6-7-14,15(19)20-4)11-18-9-12(2)21-13(3)10-18/h12-14,17H,5-11H2,1-4H3. The molecule has 122 valence electrons. The number of nitrogens with one attached hydrogen (secondary N) is 1. The second-order valence-corrected chi connectivity index (χ2v) is 6.62. The maximum absolute atomic E-state index is 12.5. The van der Waals surface area contributed by atoms with E-state index in [0.717, 1.165) is 45.4 Å². The summed E-state index contributed by atoms with van der Waals surface area (Å²) in [6.07, 6.45) is 3.67. The second kappa shape index (κ2) is 7.07. The third-order valence-electron chi connectivity index (χ3n) is 4.48. The van der Waals surface area contributed by atoms with Crippen LogP contribution in [0.3, 0.4) is 0 Å². The Labute approximate surface area is 128 Å². The van der Waals surface area contributed by atoms with Crippen LogP contribution >= 0.6 is 0 Å². The predicted molar refractivity (Wildman–Crippen MR) is 82.2 cm³/mol. The number of nitrogens with zero attached hydrogens (tertiary/aromatic N) is 1. The van der Waals surface area contributed by atoms with Crippen molar-refractivity contribution in [2.75, 3.05) is 33.3 Å². The molecule has 0 radical (unpaired) electrons. The van der Waals surface area contributed by atoms with E-state index in [0.29, 0.717) is 5.92 Å². The van der Waals surface area contributed by atoms with Gasteiger partial charge >= 0.3 is 5.97 Å². The summed E-state index contributed by atoms with van der Waals surface area (Å²) in [5, 5.41) is 3.52. The van der Waals surface area contributed by atoms with E-state index in [4.69, 9.17) is 9.47 Å². The number of carbonyl (C=O) groups excluding carboxylic acids is 1. The Balaban J connectivity index is 2.12. The van der Waals surface area contributed by atoms with Crippen LogP contribution in [-0.4, -0.2) is 61.9 Å². The zero-order valence-corrected chi connectivity index (χ0v) is 13.9. The van der Waals surface area contributed by atoms with Crippen LogP contribution < -0.4 is 5.32 Å². The molecule has 0 bridgehead atoms. The first-order chi connectivity index (χ1) is 10.0. The van der Waals surface area contributed by atoms with Gasteiger partial charge in [0.2, 0.25) is 0 Å². The highest BCUT2D eigenvalue weighted by atomic mass is 16.5. The van der Waals surface area contributed by atoms with Crippen molar-refractivity contribution in [1.29, 1.82) is 0 Å². The topological polar surface area (TPSA) is 50.8 Å². The van der Waals surface area contributed by atoms with Crippen molar-refractivity contribution in [2.24, 2.45) is 5.92 Å². The van der Waals surface area contributed by atoms with E-state index < -0.39 is 5.54 Å². The molecular formula is C16H30N2O3. The molecule has 1 heterocycles. The van der Waals surface area contributed by atoms with Crippen LogP contribution in [0.15, 0.2) is 0 Å². The lowest BCUT2D eigenvalue weighted by atomic mass is 9.91. The van der Waals surface area contributed by atoms with Crippen LogP contribution in [0.1, 0.15) is 40.0 Å². The van der Waals surface area contributed by atoms with Crippen LogP contribution in [0.25, 0.3) is 0 Å². The molecule has 1 saturated heterocycles. The van der Waals surface area contributed by atoms with Crippen molar-refractivity contribution in [2.45, 2.75) is 57.8 Å². The van der Waals surface area contributed by atoms with Gasteiger partial charge in [-0.2, -0.15) is 0 Å². The molecule has 5 nitrogen and oxygen atoms in total.